The second kappa shape index (κ2) is 5.87. The predicted octanol–water partition coefficient (Wildman–Crippen LogP) is 4.29. The van der Waals surface area contributed by atoms with Crippen molar-refractivity contribution in [3.8, 4) is 5.75 Å². The standard InChI is InChI=1S/C14H16BrNOS/c1-9-5-3-4-6-12(9)17-14(10(2)16)13-7-11(15)8-18-13/h3-8,10,14H,16H2,1-2H3. The van der Waals surface area contributed by atoms with Gasteiger partial charge in [0.25, 0.3) is 0 Å². The smallest absolute Gasteiger partial charge is 0.148 e. The van der Waals surface area contributed by atoms with Gasteiger partial charge in [0.1, 0.15) is 11.9 Å². The number of rotatable bonds is 4. The maximum absolute atomic E-state index is 6.07. The Kier molecular flexibility index (Phi) is 4.43. The number of benzene rings is 1. The van der Waals surface area contributed by atoms with Gasteiger partial charge in [-0.05, 0) is 47.5 Å². The van der Waals surface area contributed by atoms with Crippen molar-refractivity contribution in [2.24, 2.45) is 5.73 Å². The highest BCUT2D eigenvalue weighted by Crippen LogP contribution is 2.32. The van der Waals surface area contributed by atoms with Crippen molar-refractivity contribution in [3.63, 3.8) is 0 Å². The molecule has 2 N–H and O–H groups in total. The molecule has 0 aliphatic carbocycles. The number of nitrogens with two attached hydrogens (primary N) is 1. The first kappa shape index (κ1) is 13.6. The maximum Gasteiger partial charge on any atom is 0.148 e. The Balaban J connectivity index is 2.25. The zero-order chi connectivity index (χ0) is 13.1. The minimum atomic E-state index is -0.109. The molecule has 0 saturated carbocycles. The van der Waals surface area contributed by atoms with E-state index in [0.717, 1.165) is 20.7 Å². The Bertz CT molecular complexity index is 524. The summed E-state index contributed by atoms with van der Waals surface area (Å²) in [6.45, 7) is 4.01. The zero-order valence-corrected chi connectivity index (χ0v) is 12.8. The number of hydrogen-bond donors (Lipinski definition) is 1. The van der Waals surface area contributed by atoms with Crippen molar-refractivity contribution in [1.82, 2.24) is 0 Å². The summed E-state index contributed by atoms with van der Waals surface area (Å²) >= 11 is 5.12. The van der Waals surface area contributed by atoms with Gasteiger partial charge in [-0.3, -0.25) is 0 Å². The minimum Gasteiger partial charge on any atom is -0.483 e. The second-order valence-electron chi connectivity index (χ2n) is 4.33. The average Bonchev–Trinajstić information content (AvgIpc) is 2.74. The molecule has 1 aromatic heterocycles. The average molecular weight is 326 g/mol. The van der Waals surface area contributed by atoms with Crippen LogP contribution in [0.15, 0.2) is 40.2 Å². The van der Waals surface area contributed by atoms with E-state index in [1.165, 1.54) is 0 Å². The van der Waals surface area contributed by atoms with Gasteiger partial charge < -0.3 is 10.5 Å². The first-order valence-corrected chi connectivity index (χ1v) is 7.47. The fraction of sp³-hybridized carbons (Fsp3) is 0.286. The highest BCUT2D eigenvalue weighted by atomic mass is 79.9. The SMILES string of the molecule is Cc1ccccc1OC(c1cc(Br)cs1)C(C)N. The molecule has 0 amide bonds. The molecule has 1 heterocycles. The molecule has 0 aliphatic rings. The summed E-state index contributed by atoms with van der Waals surface area (Å²) < 4.78 is 7.14. The van der Waals surface area contributed by atoms with Gasteiger partial charge >= 0.3 is 0 Å². The number of halogens is 1. The van der Waals surface area contributed by atoms with Crippen LogP contribution in [-0.4, -0.2) is 6.04 Å². The van der Waals surface area contributed by atoms with E-state index in [1.807, 2.05) is 43.5 Å². The highest BCUT2D eigenvalue weighted by Gasteiger charge is 2.20. The number of thiophene rings is 1. The molecule has 2 atom stereocenters. The van der Waals surface area contributed by atoms with Crippen LogP contribution in [0, 0.1) is 6.92 Å². The Morgan fingerprint density at radius 3 is 2.61 bits per heavy atom. The Morgan fingerprint density at radius 2 is 2.06 bits per heavy atom. The number of para-hydroxylation sites is 1. The van der Waals surface area contributed by atoms with Crippen molar-refractivity contribution in [2.75, 3.05) is 0 Å². The van der Waals surface area contributed by atoms with E-state index in [4.69, 9.17) is 10.5 Å². The van der Waals surface area contributed by atoms with E-state index in [2.05, 4.69) is 22.0 Å². The highest BCUT2D eigenvalue weighted by molar-refractivity contribution is 9.10. The molecular weight excluding hydrogens is 310 g/mol. The molecule has 0 aliphatic heterocycles. The van der Waals surface area contributed by atoms with E-state index < -0.39 is 0 Å². The van der Waals surface area contributed by atoms with Crippen molar-refractivity contribution < 1.29 is 4.74 Å². The van der Waals surface area contributed by atoms with Gasteiger partial charge in [0.05, 0.1) is 0 Å². The summed E-state index contributed by atoms with van der Waals surface area (Å²) in [6, 6.07) is 10.0. The molecule has 0 radical (unpaired) electrons. The van der Waals surface area contributed by atoms with Crippen molar-refractivity contribution in [1.29, 1.82) is 0 Å². The van der Waals surface area contributed by atoms with Crippen LogP contribution in [0.5, 0.6) is 5.75 Å². The Labute approximate surface area is 120 Å². The van der Waals surface area contributed by atoms with Gasteiger partial charge in [0.2, 0.25) is 0 Å². The van der Waals surface area contributed by atoms with Gasteiger partial charge in [0, 0.05) is 20.8 Å². The first-order valence-electron chi connectivity index (χ1n) is 5.79. The van der Waals surface area contributed by atoms with Crippen LogP contribution in [0.2, 0.25) is 0 Å². The Morgan fingerprint density at radius 1 is 1.33 bits per heavy atom. The fourth-order valence-corrected chi connectivity index (χ4v) is 3.31. The lowest BCUT2D eigenvalue weighted by Gasteiger charge is -2.22. The third kappa shape index (κ3) is 3.13. The quantitative estimate of drug-likeness (QED) is 0.910. The third-order valence-corrected chi connectivity index (χ3v) is 4.45. The van der Waals surface area contributed by atoms with E-state index in [1.54, 1.807) is 11.3 Å². The van der Waals surface area contributed by atoms with Crippen LogP contribution in [0.25, 0.3) is 0 Å². The van der Waals surface area contributed by atoms with E-state index in [9.17, 15) is 0 Å². The molecule has 0 saturated heterocycles. The molecule has 2 nitrogen and oxygen atoms in total. The van der Waals surface area contributed by atoms with Crippen molar-refractivity contribution >= 4 is 27.3 Å². The van der Waals surface area contributed by atoms with Gasteiger partial charge in [-0.25, -0.2) is 0 Å². The van der Waals surface area contributed by atoms with Gasteiger partial charge in [-0.2, -0.15) is 0 Å². The van der Waals surface area contributed by atoms with E-state index in [0.29, 0.717) is 0 Å². The molecule has 18 heavy (non-hydrogen) atoms. The summed E-state index contributed by atoms with van der Waals surface area (Å²) in [7, 11) is 0. The fourth-order valence-electron chi connectivity index (χ4n) is 1.73. The maximum atomic E-state index is 6.07. The largest absolute Gasteiger partial charge is 0.483 e. The number of ether oxygens (including phenoxy) is 1. The van der Waals surface area contributed by atoms with Crippen LogP contribution < -0.4 is 10.5 Å². The lowest BCUT2D eigenvalue weighted by molar-refractivity contribution is 0.183. The topological polar surface area (TPSA) is 35.2 Å². The van der Waals surface area contributed by atoms with Gasteiger partial charge in [0.15, 0.2) is 0 Å². The molecule has 4 heteroatoms. The Hall–Kier alpha value is -0.840. The summed E-state index contributed by atoms with van der Waals surface area (Å²) in [6.07, 6.45) is -0.109. The molecule has 0 fully saturated rings. The summed E-state index contributed by atoms with van der Waals surface area (Å²) in [5.74, 6) is 0.893. The van der Waals surface area contributed by atoms with Crippen LogP contribution in [0.4, 0.5) is 0 Å². The lowest BCUT2D eigenvalue weighted by atomic mass is 10.1. The van der Waals surface area contributed by atoms with Crippen LogP contribution in [0.3, 0.4) is 0 Å². The lowest BCUT2D eigenvalue weighted by Crippen LogP contribution is -2.28. The predicted molar refractivity (Wildman–Crippen MR) is 80.2 cm³/mol. The second-order valence-corrected chi connectivity index (χ2v) is 6.19. The van der Waals surface area contributed by atoms with Gasteiger partial charge in [-0.1, -0.05) is 18.2 Å². The monoisotopic (exact) mass is 325 g/mol. The van der Waals surface area contributed by atoms with Crippen molar-refractivity contribution in [2.45, 2.75) is 26.0 Å². The normalized spacial score (nSPS) is 14.2. The minimum absolute atomic E-state index is 0.0600. The van der Waals surface area contributed by atoms with Crippen LogP contribution >= 0.6 is 27.3 Å². The molecule has 2 unspecified atom stereocenters. The molecule has 1 aromatic carbocycles. The van der Waals surface area contributed by atoms with Gasteiger partial charge in [-0.15, -0.1) is 11.3 Å². The van der Waals surface area contributed by atoms with Crippen LogP contribution in [-0.2, 0) is 0 Å². The number of hydrogen-bond acceptors (Lipinski definition) is 3. The molecular formula is C14H16BrNOS. The third-order valence-electron chi connectivity index (χ3n) is 2.69. The molecule has 0 spiro atoms. The van der Waals surface area contributed by atoms with E-state index >= 15 is 0 Å². The van der Waals surface area contributed by atoms with Crippen molar-refractivity contribution in [3.05, 3.63) is 50.6 Å². The molecule has 0 bridgehead atoms. The zero-order valence-electron chi connectivity index (χ0n) is 10.4. The number of aryl methyl sites for hydroxylation is 1. The molecule has 96 valence electrons. The first-order chi connectivity index (χ1) is 8.58. The summed E-state index contributed by atoms with van der Waals surface area (Å²) in [5.41, 5.74) is 7.17. The molecule has 2 aromatic rings. The van der Waals surface area contributed by atoms with Crippen LogP contribution in [0.1, 0.15) is 23.5 Å². The summed E-state index contributed by atoms with van der Waals surface area (Å²) in [5, 5.41) is 2.05. The summed E-state index contributed by atoms with van der Waals surface area (Å²) in [4.78, 5) is 1.14. The van der Waals surface area contributed by atoms with E-state index in [-0.39, 0.29) is 12.1 Å². The molecule has 2 rings (SSSR count).